The number of allylic oxidation sites excluding steroid dienone is 1. The van der Waals surface area contributed by atoms with Gasteiger partial charge < -0.3 is 9.84 Å². The number of aliphatic hydroxyl groups is 1. The van der Waals surface area contributed by atoms with Gasteiger partial charge in [0.15, 0.2) is 0 Å². The molecule has 3 rings (SSSR count). The SMILES string of the molecule is CCC(C)C1CCC(C)CC(OC/C(C(=N)c2ccccc2C)=C(/O)C2CC2)C1. The van der Waals surface area contributed by atoms with Crippen LogP contribution in [0.5, 0.6) is 0 Å². The van der Waals surface area contributed by atoms with Crippen LogP contribution in [0.25, 0.3) is 0 Å². The molecule has 4 unspecified atom stereocenters. The van der Waals surface area contributed by atoms with E-state index in [9.17, 15) is 5.11 Å². The largest absolute Gasteiger partial charge is 0.512 e. The van der Waals surface area contributed by atoms with Gasteiger partial charge in [-0.15, -0.1) is 0 Å². The van der Waals surface area contributed by atoms with Crippen molar-refractivity contribution in [2.45, 2.75) is 78.7 Å². The van der Waals surface area contributed by atoms with Gasteiger partial charge >= 0.3 is 0 Å². The number of aliphatic hydroxyl groups excluding tert-OH is 1. The van der Waals surface area contributed by atoms with Gasteiger partial charge in [0.1, 0.15) is 5.76 Å². The molecule has 0 radical (unpaired) electrons. The maximum atomic E-state index is 10.8. The van der Waals surface area contributed by atoms with Crippen molar-refractivity contribution in [3.05, 3.63) is 46.7 Å². The summed E-state index contributed by atoms with van der Waals surface area (Å²) in [7, 11) is 0. The zero-order valence-corrected chi connectivity index (χ0v) is 18.7. The second kappa shape index (κ2) is 9.93. The number of hydrogen-bond acceptors (Lipinski definition) is 3. The number of rotatable bonds is 8. The first-order chi connectivity index (χ1) is 13.9. The maximum Gasteiger partial charge on any atom is 0.103 e. The fraction of sp³-hybridized carbons (Fsp3) is 0.654. The van der Waals surface area contributed by atoms with Crippen LogP contribution < -0.4 is 0 Å². The van der Waals surface area contributed by atoms with Crippen LogP contribution in [0.15, 0.2) is 35.6 Å². The Balaban J connectivity index is 1.75. The predicted molar refractivity (Wildman–Crippen MR) is 121 cm³/mol. The molecule has 0 aromatic heterocycles. The minimum atomic E-state index is 0.221. The predicted octanol–water partition coefficient (Wildman–Crippen LogP) is 6.84. The number of hydrogen-bond donors (Lipinski definition) is 2. The molecule has 0 aliphatic heterocycles. The lowest BCUT2D eigenvalue weighted by Crippen LogP contribution is -2.23. The smallest absolute Gasteiger partial charge is 0.103 e. The summed E-state index contributed by atoms with van der Waals surface area (Å²) >= 11 is 0. The van der Waals surface area contributed by atoms with Crippen molar-refractivity contribution in [3.8, 4) is 0 Å². The number of benzene rings is 1. The first-order valence-corrected chi connectivity index (χ1v) is 11.6. The van der Waals surface area contributed by atoms with Gasteiger partial charge in [-0.05, 0) is 62.3 Å². The molecule has 3 heteroatoms. The monoisotopic (exact) mass is 397 g/mol. The average Bonchev–Trinajstić information content (AvgIpc) is 3.56. The number of aryl methyl sites for hydroxylation is 1. The third kappa shape index (κ3) is 5.72. The molecule has 0 amide bonds. The zero-order valence-electron chi connectivity index (χ0n) is 18.7. The summed E-state index contributed by atoms with van der Waals surface area (Å²) in [6.07, 6.45) is 8.25. The lowest BCUT2D eigenvalue weighted by Gasteiger charge is -2.26. The van der Waals surface area contributed by atoms with Crippen molar-refractivity contribution in [1.29, 1.82) is 5.41 Å². The third-order valence-corrected chi connectivity index (χ3v) is 7.16. The van der Waals surface area contributed by atoms with Crippen LogP contribution in [0.2, 0.25) is 0 Å². The molecule has 1 aromatic rings. The average molecular weight is 398 g/mol. The number of nitrogens with one attached hydrogen (secondary N) is 1. The molecule has 2 aliphatic rings. The Morgan fingerprint density at radius 3 is 2.55 bits per heavy atom. The molecular formula is C26H39NO2. The molecule has 2 aliphatic carbocycles. The lowest BCUT2D eigenvalue weighted by atomic mass is 9.85. The van der Waals surface area contributed by atoms with E-state index in [1.54, 1.807) is 0 Å². The van der Waals surface area contributed by atoms with E-state index in [1.165, 1.54) is 19.3 Å². The molecular weight excluding hydrogens is 358 g/mol. The molecule has 2 saturated carbocycles. The molecule has 0 heterocycles. The van der Waals surface area contributed by atoms with Crippen molar-refractivity contribution in [1.82, 2.24) is 0 Å². The minimum absolute atomic E-state index is 0.221. The molecule has 160 valence electrons. The Labute approximate surface area is 177 Å². The van der Waals surface area contributed by atoms with Crippen molar-refractivity contribution >= 4 is 5.71 Å². The van der Waals surface area contributed by atoms with Gasteiger partial charge in [-0.2, -0.15) is 0 Å². The Hall–Kier alpha value is -1.61. The Morgan fingerprint density at radius 1 is 1.17 bits per heavy atom. The second-order valence-corrected chi connectivity index (χ2v) is 9.56. The van der Waals surface area contributed by atoms with Crippen LogP contribution in [0.1, 0.15) is 76.8 Å². The first-order valence-electron chi connectivity index (χ1n) is 11.6. The molecule has 1 aromatic carbocycles. The minimum Gasteiger partial charge on any atom is -0.512 e. The van der Waals surface area contributed by atoms with Crippen molar-refractivity contribution in [3.63, 3.8) is 0 Å². The molecule has 0 bridgehead atoms. The third-order valence-electron chi connectivity index (χ3n) is 7.16. The Bertz CT molecular complexity index is 734. The van der Waals surface area contributed by atoms with Crippen LogP contribution in [-0.4, -0.2) is 23.5 Å². The van der Waals surface area contributed by atoms with Crippen LogP contribution in [0.3, 0.4) is 0 Å². The van der Waals surface area contributed by atoms with E-state index in [-0.39, 0.29) is 12.0 Å². The lowest BCUT2D eigenvalue weighted by molar-refractivity contribution is 0.0383. The summed E-state index contributed by atoms with van der Waals surface area (Å²) < 4.78 is 6.44. The molecule has 0 spiro atoms. The van der Waals surface area contributed by atoms with Crippen LogP contribution in [-0.2, 0) is 4.74 Å². The zero-order chi connectivity index (χ0) is 21.0. The van der Waals surface area contributed by atoms with E-state index in [0.29, 0.717) is 29.6 Å². The van der Waals surface area contributed by atoms with Gasteiger partial charge in [0.2, 0.25) is 0 Å². The van der Waals surface area contributed by atoms with E-state index in [1.807, 2.05) is 31.2 Å². The molecule has 2 fully saturated rings. The normalized spacial score (nSPS) is 27.1. The molecule has 2 N–H and O–H groups in total. The topological polar surface area (TPSA) is 53.3 Å². The highest BCUT2D eigenvalue weighted by atomic mass is 16.5. The van der Waals surface area contributed by atoms with Crippen molar-refractivity contribution < 1.29 is 9.84 Å². The van der Waals surface area contributed by atoms with Gasteiger partial charge in [-0.1, -0.05) is 57.9 Å². The van der Waals surface area contributed by atoms with Crippen molar-refractivity contribution in [2.24, 2.45) is 23.7 Å². The molecule has 3 nitrogen and oxygen atoms in total. The van der Waals surface area contributed by atoms with Gasteiger partial charge in [0.25, 0.3) is 0 Å². The van der Waals surface area contributed by atoms with E-state index in [0.717, 1.165) is 48.6 Å². The van der Waals surface area contributed by atoms with Crippen LogP contribution >= 0.6 is 0 Å². The van der Waals surface area contributed by atoms with Gasteiger partial charge in [-0.25, -0.2) is 0 Å². The quantitative estimate of drug-likeness (QED) is 0.286. The highest BCUT2D eigenvalue weighted by molar-refractivity contribution is 6.11. The van der Waals surface area contributed by atoms with Crippen LogP contribution in [0.4, 0.5) is 0 Å². The van der Waals surface area contributed by atoms with Crippen molar-refractivity contribution in [2.75, 3.05) is 6.61 Å². The van der Waals surface area contributed by atoms with E-state index in [4.69, 9.17) is 10.1 Å². The van der Waals surface area contributed by atoms with Gasteiger partial charge in [0.05, 0.1) is 18.4 Å². The summed E-state index contributed by atoms with van der Waals surface area (Å²) in [5.41, 5.74) is 3.08. The maximum absolute atomic E-state index is 10.8. The Kier molecular flexibility index (Phi) is 7.56. The fourth-order valence-electron chi connectivity index (χ4n) is 4.70. The first kappa shape index (κ1) is 22.1. The fourth-order valence-corrected chi connectivity index (χ4v) is 4.70. The van der Waals surface area contributed by atoms with Crippen LogP contribution in [0, 0.1) is 36.0 Å². The molecule has 0 saturated heterocycles. The highest BCUT2D eigenvalue weighted by Crippen LogP contribution is 2.38. The van der Waals surface area contributed by atoms with E-state index >= 15 is 0 Å². The highest BCUT2D eigenvalue weighted by Gasteiger charge is 2.32. The second-order valence-electron chi connectivity index (χ2n) is 9.56. The summed E-state index contributed by atoms with van der Waals surface area (Å²) in [6.45, 7) is 9.37. The summed E-state index contributed by atoms with van der Waals surface area (Å²) in [4.78, 5) is 0. The summed E-state index contributed by atoms with van der Waals surface area (Å²) in [6, 6.07) is 7.96. The van der Waals surface area contributed by atoms with E-state index < -0.39 is 0 Å². The summed E-state index contributed by atoms with van der Waals surface area (Å²) in [5.74, 6) is 2.73. The Morgan fingerprint density at radius 2 is 1.90 bits per heavy atom. The van der Waals surface area contributed by atoms with E-state index in [2.05, 4.69) is 20.8 Å². The van der Waals surface area contributed by atoms with Gasteiger partial charge in [-0.3, -0.25) is 5.41 Å². The molecule has 29 heavy (non-hydrogen) atoms. The molecule has 4 atom stereocenters. The van der Waals surface area contributed by atoms with Gasteiger partial charge in [0, 0.05) is 17.1 Å². The standard InChI is InChI=1S/C26H39NO2/c1-5-18(3)21-11-10-17(2)14-22(15-21)29-16-24(26(28)20-12-13-20)25(27)23-9-7-6-8-19(23)4/h6-9,17-18,20-22,27-28H,5,10-16H2,1-4H3/b26-24-,27-25?. The number of ether oxygens (including phenoxy) is 1. The summed E-state index contributed by atoms with van der Waals surface area (Å²) in [5, 5.41) is 19.7.